The molecule has 0 aliphatic rings. The molecule has 0 aromatic carbocycles. The minimum absolute atomic E-state index is 0.0200. The summed E-state index contributed by atoms with van der Waals surface area (Å²) in [4.78, 5) is 11.3. The minimum Gasteiger partial charge on any atom is -0.465 e. The summed E-state index contributed by atoms with van der Waals surface area (Å²) in [7, 11) is 0. The van der Waals surface area contributed by atoms with Gasteiger partial charge in [0.15, 0.2) is 0 Å². The third-order valence-electron chi connectivity index (χ3n) is 2.06. The van der Waals surface area contributed by atoms with Gasteiger partial charge in [0.05, 0.1) is 12.5 Å². The van der Waals surface area contributed by atoms with Crippen LogP contribution in [0.5, 0.6) is 0 Å². The Morgan fingerprint density at radius 2 is 1.64 bits per heavy atom. The van der Waals surface area contributed by atoms with Crippen LogP contribution in [0, 0.1) is 5.92 Å². The van der Waals surface area contributed by atoms with E-state index in [0.717, 1.165) is 25.7 Å². The zero-order chi connectivity index (χ0) is 11.4. The number of esters is 1. The van der Waals surface area contributed by atoms with Crippen molar-refractivity contribution in [3.05, 3.63) is 0 Å². The lowest BCUT2D eigenvalue weighted by atomic mass is 10.0. The predicted octanol–water partition coefficient (Wildman–Crippen LogP) is 3.79. The molecule has 0 radical (unpaired) electrons. The molecule has 0 N–H and O–H groups in total. The first-order valence-corrected chi connectivity index (χ1v) is 5.92. The third-order valence-corrected chi connectivity index (χ3v) is 2.06. The Balaban J connectivity index is 0. The Labute approximate surface area is 89.0 Å². The van der Waals surface area contributed by atoms with Crippen molar-refractivity contribution in [1.82, 2.24) is 0 Å². The summed E-state index contributed by atoms with van der Waals surface area (Å²) < 4.78 is 5.09. The summed E-state index contributed by atoms with van der Waals surface area (Å²) in [6.45, 7) is 10.7. The molecule has 2 nitrogen and oxygen atoms in total. The van der Waals surface area contributed by atoms with Crippen LogP contribution in [-0.4, -0.2) is 12.6 Å². The highest BCUT2D eigenvalue weighted by Crippen LogP contribution is 2.09. The van der Waals surface area contributed by atoms with Gasteiger partial charge in [0.25, 0.3) is 0 Å². The number of hydrogen-bond donors (Lipinski definition) is 0. The van der Waals surface area contributed by atoms with E-state index in [1.165, 1.54) is 0 Å². The van der Waals surface area contributed by atoms with E-state index >= 15 is 0 Å². The van der Waals surface area contributed by atoms with E-state index in [2.05, 4.69) is 6.92 Å². The molecule has 0 bridgehead atoms. The Kier molecular flexibility index (Phi) is 14.2. The summed E-state index contributed by atoms with van der Waals surface area (Å²) in [5, 5.41) is 0. The molecule has 0 aromatic rings. The number of hydrogen-bond acceptors (Lipinski definition) is 2. The molecule has 0 spiro atoms. The highest BCUT2D eigenvalue weighted by molar-refractivity contribution is 5.72. The molecule has 0 saturated heterocycles. The molecule has 0 heterocycles. The van der Waals surface area contributed by atoms with Crippen LogP contribution in [0.25, 0.3) is 0 Å². The highest BCUT2D eigenvalue weighted by atomic mass is 16.5. The number of ether oxygens (including phenoxy) is 1. The lowest BCUT2D eigenvalue weighted by Gasteiger charge is -2.11. The van der Waals surface area contributed by atoms with Crippen LogP contribution in [0.3, 0.4) is 0 Å². The molecule has 0 aliphatic carbocycles. The van der Waals surface area contributed by atoms with E-state index in [-0.39, 0.29) is 11.9 Å². The van der Waals surface area contributed by atoms with Crippen molar-refractivity contribution in [2.24, 2.45) is 5.92 Å². The quantitative estimate of drug-likeness (QED) is 0.484. The van der Waals surface area contributed by atoms with E-state index in [1.807, 2.05) is 27.7 Å². The molecule has 0 rings (SSSR count). The largest absolute Gasteiger partial charge is 0.465 e. The monoisotopic (exact) mass is 202 g/mol. The van der Waals surface area contributed by atoms with Crippen LogP contribution in [0.4, 0.5) is 0 Å². The van der Waals surface area contributed by atoms with Gasteiger partial charge in [-0.05, 0) is 19.3 Å². The Hall–Kier alpha value is -0.530. The molecule has 0 amide bonds. The molecule has 0 aliphatic heterocycles. The lowest BCUT2D eigenvalue weighted by molar-refractivity contribution is -0.148. The fourth-order valence-electron chi connectivity index (χ4n) is 1.06. The summed E-state index contributed by atoms with van der Waals surface area (Å²) in [5.74, 6) is 0.0929. The summed E-state index contributed by atoms with van der Waals surface area (Å²) in [6, 6.07) is 0. The van der Waals surface area contributed by atoms with E-state index < -0.39 is 0 Å². The maximum Gasteiger partial charge on any atom is 0.308 e. The molecular formula is C12H26O2. The van der Waals surface area contributed by atoms with E-state index in [4.69, 9.17) is 4.74 Å². The van der Waals surface area contributed by atoms with Gasteiger partial charge in [-0.15, -0.1) is 0 Å². The van der Waals surface area contributed by atoms with Crippen molar-refractivity contribution in [2.75, 3.05) is 6.61 Å². The van der Waals surface area contributed by atoms with Gasteiger partial charge < -0.3 is 4.74 Å². The molecular weight excluding hydrogens is 176 g/mol. The fourth-order valence-corrected chi connectivity index (χ4v) is 1.06. The SMILES string of the molecule is CC.CCCCOC(=O)C(CC)CC. The van der Waals surface area contributed by atoms with Crippen LogP contribution < -0.4 is 0 Å². The zero-order valence-corrected chi connectivity index (χ0v) is 10.4. The van der Waals surface area contributed by atoms with E-state index in [9.17, 15) is 4.79 Å². The van der Waals surface area contributed by atoms with E-state index in [1.54, 1.807) is 0 Å². The van der Waals surface area contributed by atoms with Gasteiger partial charge in [0.1, 0.15) is 0 Å². The normalized spacial score (nSPS) is 9.29. The first-order valence-electron chi connectivity index (χ1n) is 5.92. The Bertz CT molecular complexity index is 117. The number of unbranched alkanes of at least 4 members (excludes halogenated alkanes) is 1. The van der Waals surface area contributed by atoms with Gasteiger partial charge in [-0.1, -0.05) is 41.0 Å². The third kappa shape index (κ3) is 8.09. The average Bonchev–Trinajstić information content (AvgIpc) is 2.23. The molecule has 86 valence electrons. The van der Waals surface area contributed by atoms with Crippen molar-refractivity contribution >= 4 is 5.97 Å². The molecule has 0 saturated carbocycles. The molecule has 0 atom stereocenters. The standard InChI is InChI=1S/C10H20O2.C2H6/c1-4-7-8-12-10(11)9(5-2)6-3;1-2/h9H,4-8H2,1-3H3;1-2H3. The van der Waals surface area contributed by atoms with Gasteiger partial charge >= 0.3 is 5.97 Å². The van der Waals surface area contributed by atoms with Crippen molar-refractivity contribution in [3.8, 4) is 0 Å². The van der Waals surface area contributed by atoms with Crippen molar-refractivity contribution in [1.29, 1.82) is 0 Å². The molecule has 0 fully saturated rings. The van der Waals surface area contributed by atoms with Gasteiger partial charge in [-0.25, -0.2) is 0 Å². The summed E-state index contributed by atoms with van der Waals surface area (Å²) in [5.41, 5.74) is 0. The van der Waals surface area contributed by atoms with E-state index in [0.29, 0.717) is 6.61 Å². The Morgan fingerprint density at radius 3 is 2.00 bits per heavy atom. The number of carbonyl (C=O) groups excluding carboxylic acids is 1. The predicted molar refractivity (Wildman–Crippen MR) is 61.3 cm³/mol. The van der Waals surface area contributed by atoms with Crippen molar-refractivity contribution < 1.29 is 9.53 Å². The second-order valence-corrected chi connectivity index (χ2v) is 3.03. The first-order chi connectivity index (χ1) is 6.76. The molecule has 2 heteroatoms. The molecule has 0 aromatic heterocycles. The van der Waals surface area contributed by atoms with Crippen molar-refractivity contribution in [3.63, 3.8) is 0 Å². The topological polar surface area (TPSA) is 26.3 Å². The number of rotatable bonds is 6. The van der Waals surface area contributed by atoms with Gasteiger partial charge in [-0.3, -0.25) is 4.79 Å². The molecule has 14 heavy (non-hydrogen) atoms. The van der Waals surface area contributed by atoms with Crippen molar-refractivity contribution in [2.45, 2.75) is 60.3 Å². The maximum atomic E-state index is 11.3. The first kappa shape index (κ1) is 15.9. The van der Waals surface area contributed by atoms with Gasteiger partial charge in [-0.2, -0.15) is 0 Å². The second-order valence-electron chi connectivity index (χ2n) is 3.03. The van der Waals surface area contributed by atoms with Gasteiger partial charge in [0, 0.05) is 0 Å². The summed E-state index contributed by atoms with van der Waals surface area (Å²) in [6.07, 6.45) is 3.84. The average molecular weight is 202 g/mol. The van der Waals surface area contributed by atoms with Crippen LogP contribution in [0.1, 0.15) is 60.3 Å². The van der Waals surface area contributed by atoms with Crippen LogP contribution >= 0.6 is 0 Å². The zero-order valence-electron chi connectivity index (χ0n) is 10.4. The minimum atomic E-state index is -0.0200. The molecule has 0 unspecified atom stereocenters. The van der Waals surface area contributed by atoms with Crippen LogP contribution in [0.15, 0.2) is 0 Å². The number of carbonyl (C=O) groups is 1. The van der Waals surface area contributed by atoms with Crippen LogP contribution in [-0.2, 0) is 9.53 Å². The second kappa shape index (κ2) is 12.5. The lowest BCUT2D eigenvalue weighted by Crippen LogP contribution is -2.16. The van der Waals surface area contributed by atoms with Gasteiger partial charge in [0.2, 0.25) is 0 Å². The summed E-state index contributed by atoms with van der Waals surface area (Å²) >= 11 is 0. The van der Waals surface area contributed by atoms with Crippen LogP contribution in [0.2, 0.25) is 0 Å². The highest BCUT2D eigenvalue weighted by Gasteiger charge is 2.14. The fraction of sp³-hybridized carbons (Fsp3) is 0.917. The Morgan fingerprint density at radius 1 is 1.14 bits per heavy atom. The maximum absolute atomic E-state index is 11.3. The smallest absolute Gasteiger partial charge is 0.308 e.